The first-order valence-corrected chi connectivity index (χ1v) is 8.07. The molecule has 2 heterocycles. The van der Waals surface area contributed by atoms with Crippen molar-refractivity contribution >= 4 is 23.2 Å². The molecule has 122 valence electrons. The van der Waals surface area contributed by atoms with Crippen molar-refractivity contribution in [2.75, 3.05) is 0 Å². The molecule has 1 aromatic carbocycles. The van der Waals surface area contributed by atoms with E-state index in [1.54, 1.807) is 30.3 Å². The molecular formula is C17H14N2O4S. The molecule has 0 aliphatic heterocycles. The number of rotatable bonds is 6. The topological polar surface area (TPSA) is 92.4 Å². The Morgan fingerprint density at radius 1 is 1.21 bits per heavy atom. The molecule has 1 unspecified atom stereocenters. The Labute approximate surface area is 141 Å². The Morgan fingerprint density at radius 3 is 2.67 bits per heavy atom. The minimum atomic E-state index is -1.12. The maximum Gasteiger partial charge on any atom is 0.330 e. The molecule has 0 spiro atoms. The van der Waals surface area contributed by atoms with E-state index >= 15 is 0 Å². The van der Waals surface area contributed by atoms with Crippen molar-refractivity contribution in [1.82, 2.24) is 10.3 Å². The predicted octanol–water partition coefficient (Wildman–Crippen LogP) is 2.89. The van der Waals surface area contributed by atoms with Gasteiger partial charge >= 0.3 is 5.97 Å². The summed E-state index contributed by atoms with van der Waals surface area (Å²) in [5.74, 6) is -1.10. The molecule has 0 saturated heterocycles. The van der Waals surface area contributed by atoms with Crippen molar-refractivity contribution in [2.45, 2.75) is 12.5 Å². The fourth-order valence-electron chi connectivity index (χ4n) is 2.21. The summed E-state index contributed by atoms with van der Waals surface area (Å²) in [6.07, 6.45) is 1.36. The molecule has 6 nitrogen and oxygen atoms in total. The smallest absolute Gasteiger partial charge is 0.330 e. The summed E-state index contributed by atoms with van der Waals surface area (Å²) in [7, 11) is 0. The fraction of sp³-hybridized carbons (Fsp3) is 0.118. The molecule has 0 fully saturated rings. The van der Waals surface area contributed by atoms with Gasteiger partial charge in [-0.15, -0.1) is 11.3 Å². The standard InChI is InChI=1S/C17H14N2O4S/c20-14(19-15(17(21)22)11-5-2-1-3-6-11)9-12-10-23-16(18-12)13-7-4-8-24-13/h1-8,10,15H,9H2,(H,19,20)(H,21,22). The van der Waals surface area contributed by atoms with Gasteiger partial charge in [0, 0.05) is 0 Å². The molecule has 2 aromatic heterocycles. The Kier molecular flexibility index (Phi) is 4.72. The van der Waals surface area contributed by atoms with E-state index < -0.39 is 17.9 Å². The maximum atomic E-state index is 12.1. The van der Waals surface area contributed by atoms with Crippen LogP contribution >= 0.6 is 11.3 Å². The summed E-state index contributed by atoms with van der Waals surface area (Å²) in [4.78, 5) is 28.7. The Balaban J connectivity index is 1.67. The van der Waals surface area contributed by atoms with Gasteiger partial charge < -0.3 is 14.8 Å². The number of hydrogen-bond acceptors (Lipinski definition) is 5. The number of nitrogens with one attached hydrogen (secondary N) is 1. The van der Waals surface area contributed by atoms with E-state index in [1.165, 1.54) is 17.6 Å². The van der Waals surface area contributed by atoms with Crippen LogP contribution in [0, 0.1) is 0 Å². The van der Waals surface area contributed by atoms with Gasteiger partial charge in [0.15, 0.2) is 6.04 Å². The van der Waals surface area contributed by atoms with Crippen LogP contribution in [0.1, 0.15) is 17.3 Å². The zero-order chi connectivity index (χ0) is 16.9. The van der Waals surface area contributed by atoms with Crippen molar-refractivity contribution in [2.24, 2.45) is 0 Å². The first-order chi connectivity index (χ1) is 11.6. The lowest BCUT2D eigenvalue weighted by Crippen LogP contribution is -2.34. The van der Waals surface area contributed by atoms with Crippen LogP contribution in [0.4, 0.5) is 0 Å². The number of oxazole rings is 1. The van der Waals surface area contributed by atoms with E-state index in [1.807, 2.05) is 17.5 Å². The fourth-order valence-corrected chi connectivity index (χ4v) is 2.87. The lowest BCUT2D eigenvalue weighted by Gasteiger charge is -2.14. The number of hydrogen-bond donors (Lipinski definition) is 2. The number of aliphatic carboxylic acids is 1. The van der Waals surface area contributed by atoms with Crippen LogP contribution < -0.4 is 5.32 Å². The number of carboxylic acids is 1. The summed E-state index contributed by atoms with van der Waals surface area (Å²) >= 11 is 1.49. The molecule has 0 bridgehead atoms. The van der Waals surface area contributed by atoms with Gasteiger partial charge in [-0.3, -0.25) is 4.79 Å². The molecule has 1 atom stereocenters. The second-order valence-corrected chi connectivity index (χ2v) is 6.00. The monoisotopic (exact) mass is 342 g/mol. The molecule has 2 N–H and O–H groups in total. The maximum absolute atomic E-state index is 12.1. The summed E-state index contributed by atoms with van der Waals surface area (Å²) in [5, 5.41) is 13.7. The summed E-state index contributed by atoms with van der Waals surface area (Å²) in [6, 6.07) is 11.2. The third-order valence-electron chi connectivity index (χ3n) is 3.31. The Morgan fingerprint density at radius 2 is 2.00 bits per heavy atom. The van der Waals surface area contributed by atoms with E-state index in [4.69, 9.17) is 4.42 Å². The van der Waals surface area contributed by atoms with Crippen LogP contribution in [-0.4, -0.2) is 22.0 Å². The van der Waals surface area contributed by atoms with Crippen molar-refractivity contribution < 1.29 is 19.1 Å². The second kappa shape index (κ2) is 7.10. The highest BCUT2D eigenvalue weighted by Crippen LogP contribution is 2.23. The number of benzene rings is 1. The van der Waals surface area contributed by atoms with E-state index in [0.29, 0.717) is 17.1 Å². The molecular weight excluding hydrogens is 328 g/mol. The highest BCUT2D eigenvalue weighted by atomic mass is 32.1. The lowest BCUT2D eigenvalue weighted by atomic mass is 10.1. The average molecular weight is 342 g/mol. The summed E-state index contributed by atoms with van der Waals surface area (Å²) in [5.41, 5.74) is 0.964. The molecule has 0 saturated carbocycles. The van der Waals surface area contributed by atoms with Gasteiger partial charge in [0.1, 0.15) is 6.26 Å². The predicted molar refractivity (Wildman–Crippen MR) is 88.5 cm³/mol. The third kappa shape index (κ3) is 3.69. The van der Waals surface area contributed by atoms with Crippen molar-refractivity contribution in [3.05, 3.63) is 65.4 Å². The van der Waals surface area contributed by atoms with Crippen LogP contribution in [0.2, 0.25) is 0 Å². The molecule has 24 heavy (non-hydrogen) atoms. The number of thiophene rings is 1. The molecule has 0 radical (unpaired) electrons. The zero-order valence-corrected chi connectivity index (χ0v) is 13.3. The van der Waals surface area contributed by atoms with Crippen LogP contribution in [-0.2, 0) is 16.0 Å². The normalized spacial score (nSPS) is 11.8. The molecule has 0 aliphatic rings. The van der Waals surface area contributed by atoms with Gasteiger partial charge in [-0.1, -0.05) is 36.4 Å². The Hall–Kier alpha value is -2.93. The third-order valence-corrected chi connectivity index (χ3v) is 4.17. The van der Waals surface area contributed by atoms with Crippen LogP contribution in [0.25, 0.3) is 10.8 Å². The van der Waals surface area contributed by atoms with Crippen molar-refractivity contribution in [3.8, 4) is 10.8 Å². The number of nitrogens with zero attached hydrogens (tertiary/aromatic N) is 1. The molecule has 7 heteroatoms. The van der Waals surface area contributed by atoms with Crippen molar-refractivity contribution in [1.29, 1.82) is 0 Å². The van der Waals surface area contributed by atoms with Gasteiger partial charge in [0.2, 0.25) is 11.8 Å². The Bertz CT molecular complexity index is 827. The van der Waals surface area contributed by atoms with Gasteiger partial charge in [0.05, 0.1) is 17.0 Å². The van der Waals surface area contributed by atoms with Gasteiger partial charge in [-0.25, -0.2) is 9.78 Å². The van der Waals surface area contributed by atoms with Gasteiger partial charge in [0.25, 0.3) is 0 Å². The quantitative estimate of drug-likeness (QED) is 0.718. The largest absolute Gasteiger partial charge is 0.479 e. The average Bonchev–Trinajstić information content (AvgIpc) is 3.24. The molecule has 0 aliphatic carbocycles. The van der Waals surface area contributed by atoms with E-state index in [9.17, 15) is 14.7 Å². The number of carboxylic acid groups (broad SMARTS) is 1. The first-order valence-electron chi connectivity index (χ1n) is 7.19. The number of amides is 1. The highest BCUT2D eigenvalue weighted by molar-refractivity contribution is 7.13. The molecule has 3 aromatic rings. The minimum Gasteiger partial charge on any atom is -0.479 e. The van der Waals surface area contributed by atoms with E-state index in [2.05, 4.69) is 10.3 Å². The minimum absolute atomic E-state index is 0.0501. The number of aromatic nitrogens is 1. The SMILES string of the molecule is O=C(Cc1coc(-c2cccs2)n1)NC(C(=O)O)c1ccccc1. The van der Waals surface area contributed by atoms with Gasteiger partial charge in [-0.2, -0.15) is 0 Å². The van der Waals surface area contributed by atoms with Crippen LogP contribution in [0.3, 0.4) is 0 Å². The van der Waals surface area contributed by atoms with Gasteiger partial charge in [-0.05, 0) is 17.0 Å². The first kappa shape index (κ1) is 15.9. The van der Waals surface area contributed by atoms with Crippen LogP contribution in [0.5, 0.6) is 0 Å². The van der Waals surface area contributed by atoms with E-state index in [-0.39, 0.29) is 6.42 Å². The number of carbonyl (C=O) groups is 2. The summed E-state index contributed by atoms with van der Waals surface area (Å²) in [6.45, 7) is 0. The van der Waals surface area contributed by atoms with Crippen molar-refractivity contribution in [3.63, 3.8) is 0 Å². The number of carbonyl (C=O) groups excluding carboxylic acids is 1. The zero-order valence-electron chi connectivity index (χ0n) is 12.5. The van der Waals surface area contributed by atoms with Crippen LogP contribution in [0.15, 0.2) is 58.5 Å². The lowest BCUT2D eigenvalue weighted by molar-refractivity contribution is -0.142. The highest BCUT2D eigenvalue weighted by Gasteiger charge is 2.22. The second-order valence-electron chi connectivity index (χ2n) is 5.05. The molecule has 3 rings (SSSR count). The van der Waals surface area contributed by atoms with E-state index in [0.717, 1.165) is 4.88 Å². The molecule has 1 amide bonds. The summed E-state index contributed by atoms with van der Waals surface area (Å²) < 4.78 is 5.35.